The minimum Gasteiger partial charge on any atom is -0.457 e. The molecule has 2 rings (SSSR count). The number of imidazole rings is 1. The van der Waals surface area contributed by atoms with Gasteiger partial charge < -0.3 is 30.4 Å². The van der Waals surface area contributed by atoms with Crippen molar-refractivity contribution < 1.29 is 24.9 Å². The van der Waals surface area contributed by atoms with Gasteiger partial charge in [0, 0.05) is 6.92 Å². The molecule has 0 aliphatic rings. The number of hydrogen-bond donors (Lipinski definition) is 4. The molecule has 120 valence electrons. The predicted octanol–water partition coefficient (Wildman–Crippen LogP) is -1.95. The molecule has 2 aromatic rings. The lowest BCUT2D eigenvalue weighted by atomic mass is 10.1. The van der Waals surface area contributed by atoms with Crippen molar-refractivity contribution >= 4 is 23.0 Å². The zero-order chi connectivity index (χ0) is 16.3. The summed E-state index contributed by atoms with van der Waals surface area (Å²) in [6, 6.07) is 0. The Morgan fingerprint density at radius 2 is 2.14 bits per heavy atom. The number of carbonyl (C=O) groups is 1. The first-order chi connectivity index (χ1) is 10.4. The number of aromatic nitrogens is 4. The molecule has 0 spiro atoms. The van der Waals surface area contributed by atoms with Crippen LogP contribution in [0.3, 0.4) is 0 Å². The number of esters is 1. The van der Waals surface area contributed by atoms with Crippen molar-refractivity contribution in [3.63, 3.8) is 0 Å². The number of anilines is 1. The van der Waals surface area contributed by atoms with Gasteiger partial charge in [-0.15, -0.1) is 0 Å². The summed E-state index contributed by atoms with van der Waals surface area (Å²) in [5, 5.41) is 29.2. The van der Waals surface area contributed by atoms with Crippen molar-refractivity contribution in [3.05, 3.63) is 12.7 Å². The van der Waals surface area contributed by atoms with E-state index in [1.807, 2.05) is 0 Å². The van der Waals surface area contributed by atoms with Crippen LogP contribution in [0.4, 0.5) is 5.82 Å². The molecule has 0 fully saturated rings. The average molecular weight is 311 g/mol. The van der Waals surface area contributed by atoms with Crippen LogP contribution in [0.2, 0.25) is 0 Å². The van der Waals surface area contributed by atoms with E-state index in [-0.39, 0.29) is 12.4 Å². The van der Waals surface area contributed by atoms with Gasteiger partial charge in [0.2, 0.25) is 0 Å². The van der Waals surface area contributed by atoms with E-state index in [0.29, 0.717) is 11.2 Å². The Balaban J connectivity index is 2.14. The van der Waals surface area contributed by atoms with Crippen molar-refractivity contribution in [3.8, 4) is 0 Å². The number of aliphatic hydroxyl groups is 3. The summed E-state index contributed by atoms with van der Waals surface area (Å²) in [4.78, 5) is 22.7. The maximum atomic E-state index is 10.9. The van der Waals surface area contributed by atoms with E-state index in [4.69, 9.17) is 15.6 Å². The van der Waals surface area contributed by atoms with Gasteiger partial charge in [-0.3, -0.25) is 4.79 Å². The molecule has 0 saturated heterocycles. The van der Waals surface area contributed by atoms with E-state index in [0.717, 1.165) is 6.92 Å². The average Bonchev–Trinajstić information content (AvgIpc) is 2.88. The Morgan fingerprint density at radius 1 is 1.41 bits per heavy atom. The molecule has 0 aliphatic carbocycles. The van der Waals surface area contributed by atoms with E-state index in [1.54, 1.807) is 0 Å². The van der Waals surface area contributed by atoms with Crippen LogP contribution in [0, 0.1) is 0 Å². The summed E-state index contributed by atoms with van der Waals surface area (Å²) in [5.41, 5.74) is 6.43. The molecule has 3 atom stereocenters. The third-order valence-electron chi connectivity index (χ3n) is 3.09. The predicted molar refractivity (Wildman–Crippen MR) is 74.4 cm³/mol. The summed E-state index contributed by atoms with van der Waals surface area (Å²) in [7, 11) is 0. The number of nitrogens with two attached hydrogens (primary N) is 1. The third kappa shape index (κ3) is 3.30. The van der Waals surface area contributed by atoms with Gasteiger partial charge in [0.15, 0.2) is 17.6 Å². The zero-order valence-electron chi connectivity index (χ0n) is 11.8. The summed E-state index contributed by atoms with van der Waals surface area (Å²) < 4.78 is 6.21. The van der Waals surface area contributed by atoms with Crippen LogP contribution in [0.15, 0.2) is 12.7 Å². The molecule has 0 aliphatic heterocycles. The minimum absolute atomic E-state index is 0.0775. The number of carbonyl (C=O) groups excluding carboxylic acids is 1. The van der Waals surface area contributed by atoms with Gasteiger partial charge in [-0.1, -0.05) is 0 Å². The summed E-state index contributed by atoms with van der Waals surface area (Å²) >= 11 is 0. The van der Waals surface area contributed by atoms with Crippen molar-refractivity contribution in [2.24, 2.45) is 0 Å². The van der Waals surface area contributed by atoms with Crippen molar-refractivity contribution in [1.29, 1.82) is 0 Å². The summed E-state index contributed by atoms with van der Waals surface area (Å²) in [6.07, 6.45) is -1.35. The Labute approximate surface area is 125 Å². The van der Waals surface area contributed by atoms with E-state index in [2.05, 4.69) is 15.0 Å². The van der Waals surface area contributed by atoms with Crippen LogP contribution in [-0.2, 0) is 16.1 Å². The highest BCUT2D eigenvalue weighted by Crippen LogP contribution is 2.16. The first-order valence-electron chi connectivity index (χ1n) is 6.49. The fourth-order valence-corrected chi connectivity index (χ4v) is 2.02. The van der Waals surface area contributed by atoms with Gasteiger partial charge in [0.1, 0.15) is 24.1 Å². The lowest BCUT2D eigenvalue weighted by molar-refractivity contribution is -0.161. The SMILES string of the molecule is CC(=O)O[C@H](CO)[C@H](O)C(O)Cn1cnc2c(N)ncnc21. The monoisotopic (exact) mass is 311 g/mol. The Kier molecular flexibility index (Phi) is 4.85. The second-order valence-corrected chi connectivity index (χ2v) is 4.72. The van der Waals surface area contributed by atoms with Crippen molar-refractivity contribution in [2.75, 3.05) is 12.3 Å². The second kappa shape index (κ2) is 6.64. The molecule has 22 heavy (non-hydrogen) atoms. The van der Waals surface area contributed by atoms with Gasteiger partial charge in [0.25, 0.3) is 0 Å². The largest absolute Gasteiger partial charge is 0.457 e. The van der Waals surface area contributed by atoms with Crippen LogP contribution in [0.5, 0.6) is 0 Å². The van der Waals surface area contributed by atoms with E-state index in [1.165, 1.54) is 17.2 Å². The maximum Gasteiger partial charge on any atom is 0.303 e. The van der Waals surface area contributed by atoms with Gasteiger partial charge >= 0.3 is 5.97 Å². The molecule has 0 radical (unpaired) electrons. The molecule has 0 aromatic carbocycles. The van der Waals surface area contributed by atoms with Crippen LogP contribution in [0.1, 0.15) is 6.92 Å². The van der Waals surface area contributed by atoms with Crippen molar-refractivity contribution in [1.82, 2.24) is 19.5 Å². The topological polar surface area (TPSA) is 157 Å². The van der Waals surface area contributed by atoms with E-state index < -0.39 is 30.9 Å². The molecule has 10 heteroatoms. The number of ether oxygens (including phenoxy) is 1. The van der Waals surface area contributed by atoms with Gasteiger partial charge in [-0.05, 0) is 0 Å². The first kappa shape index (κ1) is 16.1. The van der Waals surface area contributed by atoms with Gasteiger partial charge in [0.05, 0.1) is 19.5 Å². The lowest BCUT2D eigenvalue weighted by Crippen LogP contribution is -2.43. The van der Waals surface area contributed by atoms with Crippen LogP contribution < -0.4 is 5.73 Å². The molecule has 1 unspecified atom stereocenters. The molecular formula is C12H17N5O5. The first-order valence-corrected chi connectivity index (χ1v) is 6.49. The van der Waals surface area contributed by atoms with Gasteiger partial charge in [-0.25, -0.2) is 15.0 Å². The highest BCUT2D eigenvalue weighted by Gasteiger charge is 2.29. The highest BCUT2D eigenvalue weighted by molar-refractivity contribution is 5.81. The maximum absolute atomic E-state index is 10.9. The molecule has 10 nitrogen and oxygen atoms in total. The van der Waals surface area contributed by atoms with Crippen LogP contribution in [-0.4, -0.2) is 65.7 Å². The molecule has 0 bridgehead atoms. The fraction of sp³-hybridized carbons (Fsp3) is 0.500. The standard InChI is InChI=1S/C12H17N5O5/c1-6(19)22-8(3-18)10(21)7(20)2-17-5-16-9-11(13)14-4-15-12(9)17/h4-5,7-8,10,18,20-21H,2-3H2,1H3,(H2,13,14,15)/t7?,8-,10-/m1/s1. The Bertz CT molecular complexity index is 660. The Morgan fingerprint density at radius 3 is 2.77 bits per heavy atom. The van der Waals surface area contributed by atoms with E-state index >= 15 is 0 Å². The quantitative estimate of drug-likeness (QED) is 0.445. The third-order valence-corrected chi connectivity index (χ3v) is 3.09. The van der Waals surface area contributed by atoms with Gasteiger partial charge in [-0.2, -0.15) is 0 Å². The molecule has 5 N–H and O–H groups in total. The smallest absolute Gasteiger partial charge is 0.303 e. The number of aliphatic hydroxyl groups excluding tert-OH is 3. The fourth-order valence-electron chi connectivity index (χ4n) is 2.02. The molecular weight excluding hydrogens is 294 g/mol. The number of nitrogens with zero attached hydrogens (tertiary/aromatic N) is 4. The second-order valence-electron chi connectivity index (χ2n) is 4.72. The van der Waals surface area contributed by atoms with Crippen LogP contribution in [0.25, 0.3) is 11.2 Å². The number of rotatable bonds is 6. The summed E-state index contributed by atoms with van der Waals surface area (Å²) in [6.45, 7) is 0.453. The molecule has 2 aromatic heterocycles. The molecule has 0 amide bonds. The number of nitrogen functional groups attached to an aromatic ring is 1. The van der Waals surface area contributed by atoms with E-state index in [9.17, 15) is 15.0 Å². The number of hydrogen-bond acceptors (Lipinski definition) is 9. The Hall–Kier alpha value is -2.30. The zero-order valence-corrected chi connectivity index (χ0v) is 11.8. The van der Waals surface area contributed by atoms with Crippen molar-refractivity contribution in [2.45, 2.75) is 31.8 Å². The molecule has 2 heterocycles. The molecule has 0 saturated carbocycles. The van der Waals surface area contributed by atoms with Crippen LogP contribution >= 0.6 is 0 Å². The summed E-state index contributed by atoms with van der Waals surface area (Å²) in [5.74, 6) is -0.467. The normalized spacial score (nSPS) is 15.5. The number of fused-ring (bicyclic) bond motifs is 1. The lowest BCUT2D eigenvalue weighted by Gasteiger charge is -2.25. The minimum atomic E-state index is -1.47. The highest BCUT2D eigenvalue weighted by atomic mass is 16.6.